The van der Waals surface area contributed by atoms with E-state index < -0.39 is 0 Å². The molecular formula is C13H14N4O. The zero-order chi connectivity index (χ0) is 12.6. The number of hydrogen-bond donors (Lipinski definition) is 2. The SMILES string of the molecule is N#CCOc1cccc(CNCc2cn[nH]c2)c1. The molecule has 0 aliphatic carbocycles. The van der Waals surface area contributed by atoms with Gasteiger partial charge in [0.2, 0.25) is 0 Å². The molecule has 5 heteroatoms. The van der Waals surface area contributed by atoms with E-state index in [1.807, 2.05) is 36.5 Å². The highest BCUT2D eigenvalue weighted by molar-refractivity contribution is 5.28. The molecule has 5 nitrogen and oxygen atoms in total. The van der Waals surface area contributed by atoms with Gasteiger partial charge >= 0.3 is 0 Å². The Kier molecular flexibility index (Phi) is 4.33. The molecule has 0 aliphatic heterocycles. The fraction of sp³-hybridized carbons (Fsp3) is 0.231. The minimum absolute atomic E-state index is 0.0753. The normalized spacial score (nSPS) is 9.94. The molecule has 2 aromatic rings. The van der Waals surface area contributed by atoms with Gasteiger partial charge in [-0.3, -0.25) is 5.10 Å². The minimum Gasteiger partial charge on any atom is -0.479 e. The molecule has 0 amide bonds. The molecular weight excluding hydrogens is 228 g/mol. The first kappa shape index (κ1) is 12.1. The zero-order valence-corrected chi connectivity index (χ0v) is 9.89. The molecule has 0 unspecified atom stereocenters. The average molecular weight is 242 g/mol. The van der Waals surface area contributed by atoms with Crippen molar-refractivity contribution in [2.24, 2.45) is 0 Å². The van der Waals surface area contributed by atoms with Crippen LogP contribution >= 0.6 is 0 Å². The van der Waals surface area contributed by atoms with Crippen LogP contribution in [0.15, 0.2) is 36.7 Å². The number of rotatable bonds is 6. The van der Waals surface area contributed by atoms with Crippen molar-refractivity contribution in [1.29, 1.82) is 5.26 Å². The van der Waals surface area contributed by atoms with E-state index >= 15 is 0 Å². The van der Waals surface area contributed by atoms with E-state index in [0.29, 0.717) is 0 Å². The Labute approximate surface area is 105 Å². The predicted octanol–water partition coefficient (Wildman–Crippen LogP) is 1.60. The van der Waals surface area contributed by atoms with Crippen LogP contribution in [0, 0.1) is 11.3 Å². The van der Waals surface area contributed by atoms with Crippen LogP contribution in [0.4, 0.5) is 0 Å². The van der Waals surface area contributed by atoms with Gasteiger partial charge in [-0.2, -0.15) is 10.4 Å². The highest BCUT2D eigenvalue weighted by atomic mass is 16.5. The molecule has 0 spiro atoms. The third kappa shape index (κ3) is 3.61. The van der Waals surface area contributed by atoms with Gasteiger partial charge in [-0.25, -0.2) is 0 Å². The van der Waals surface area contributed by atoms with Crippen LogP contribution in [0.1, 0.15) is 11.1 Å². The fourth-order valence-corrected chi connectivity index (χ4v) is 1.59. The van der Waals surface area contributed by atoms with E-state index in [1.54, 1.807) is 6.20 Å². The first-order chi connectivity index (χ1) is 8.88. The smallest absolute Gasteiger partial charge is 0.174 e. The highest BCUT2D eigenvalue weighted by Gasteiger charge is 1.98. The molecule has 92 valence electrons. The molecule has 1 heterocycles. The van der Waals surface area contributed by atoms with Crippen molar-refractivity contribution >= 4 is 0 Å². The second-order valence-corrected chi connectivity index (χ2v) is 3.80. The summed E-state index contributed by atoms with van der Waals surface area (Å²) in [6.45, 7) is 1.58. The summed E-state index contributed by atoms with van der Waals surface area (Å²) in [5, 5.41) is 18.4. The monoisotopic (exact) mass is 242 g/mol. The van der Waals surface area contributed by atoms with Gasteiger partial charge in [-0.15, -0.1) is 0 Å². The van der Waals surface area contributed by atoms with Gasteiger partial charge in [-0.1, -0.05) is 12.1 Å². The van der Waals surface area contributed by atoms with Crippen LogP contribution in [0.3, 0.4) is 0 Å². The van der Waals surface area contributed by atoms with Crippen molar-refractivity contribution in [2.75, 3.05) is 6.61 Å². The Morgan fingerprint density at radius 1 is 1.33 bits per heavy atom. The van der Waals surface area contributed by atoms with Crippen LogP contribution in [0.25, 0.3) is 0 Å². The van der Waals surface area contributed by atoms with E-state index in [2.05, 4.69) is 15.5 Å². The van der Waals surface area contributed by atoms with Crippen molar-refractivity contribution < 1.29 is 4.74 Å². The number of nitrogens with zero attached hydrogens (tertiary/aromatic N) is 2. The van der Waals surface area contributed by atoms with Gasteiger partial charge in [0.15, 0.2) is 6.61 Å². The predicted molar refractivity (Wildman–Crippen MR) is 66.7 cm³/mol. The molecule has 18 heavy (non-hydrogen) atoms. The summed E-state index contributed by atoms with van der Waals surface area (Å²) in [6.07, 6.45) is 3.65. The van der Waals surface area contributed by atoms with Crippen LogP contribution in [0.2, 0.25) is 0 Å². The Morgan fingerprint density at radius 2 is 2.22 bits per heavy atom. The summed E-state index contributed by atoms with van der Waals surface area (Å²) < 4.78 is 5.24. The molecule has 2 N–H and O–H groups in total. The molecule has 0 bridgehead atoms. The van der Waals surface area contributed by atoms with Gasteiger partial charge in [0.1, 0.15) is 11.8 Å². The quantitative estimate of drug-likeness (QED) is 0.807. The second-order valence-electron chi connectivity index (χ2n) is 3.80. The van der Waals surface area contributed by atoms with E-state index in [0.717, 1.165) is 30.0 Å². The van der Waals surface area contributed by atoms with Crippen molar-refractivity contribution in [3.05, 3.63) is 47.8 Å². The minimum atomic E-state index is 0.0753. The number of aromatic amines is 1. The summed E-state index contributed by atoms with van der Waals surface area (Å²) in [4.78, 5) is 0. The summed E-state index contributed by atoms with van der Waals surface area (Å²) in [6, 6.07) is 9.66. The first-order valence-electron chi connectivity index (χ1n) is 5.65. The van der Waals surface area contributed by atoms with Crippen LogP contribution in [-0.2, 0) is 13.1 Å². The zero-order valence-electron chi connectivity index (χ0n) is 9.89. The molecule has 0 radical (unpaired) electrons. The summed E-state index contributed by atoms with van der Waals surface area (Å²) in [7, 11) is 0. The number of nitriles is 1. The summed E-state index contributed by atoms with van der Waals surface area (Å²) in [5.74, 6) is 0.721. The van der Waals surface area contributed by atoms with E-state index in [-0.39, 0.29) is 6.61 Å². The third-order valence-corrected chi connectivity index (χ3v) is 2.41. The van der Waals surface area contributed by atoms with Crippen LogP contribution < -0.4 is 10.1 Å². The molecule has 0 aliphatic rings. The Hall–Kier alpha value is -2.32. The van der Waals surface area contributed by atoms with E-state index in [1.165, 1.54) is 0 Å². The molecule has 0 atom stereocenters. The standard InChI is InChI=1S/C13H14N4O/c14-4-5-18-13-3-1-2-11(6-13)7-15-8-12-9-16-17-10-12/h1-3,6,9-10,15H,5,7-8H2,(H,16,17). The van der Waals surface area contributed by atoms with Crippen molar-refractivity contribution in [2.45, 2.75) is 13.1 Å². The number of H-pyrrole nitrogens is 1. The molecule has 0 saturated heterocycles. The van der Waals surface area contributed by atoms with Gasteiger partial charge in [-0.05, 0) is 17.7 Å². The number of aromatic nitrogens is 2. The van der Waals surface area contributed by atoms with Crippen LogP contribution in [0.5, 0.6) is 5.75 Å². The summed E-state index contributed by atoms with van der Waals surface area (Å²) >= 11 is 0. The molecule has 0 saturated carbocycles. The lowest BCUT2D eigenvalue weighted by atomic mass is 10.2. The average Bonchev–Trinajstić information content (AvgIpc) is 2.90. The van der Waals surface area contributed by atoms with Gasteiger partial charge in [0, 0.05) is 24.8 Å². The van der Waals surface area contributed by atoms with E-state index in [9.17, 15) is 0 Å². The molecule has 1 aromatic carbocycles. The second kappa shape index (κ2) is 6.42. The molecule has 2 rings (SSSR count). The lowest BCUT2D eigenvalue weighted by Gasteiger charge is -2.06. The Morgan fingerprint density at radius 3 is 3.00 bits per heavy atom. The lowest BCUT2D eigenvalue weighted by Crippen LogP contribution is -2.12. The molecule has 0 fully saturated rings. The molecule has 1 aromatic heterocycles. The number of nitrogens with one attached hydrogen (secondary N) is 2. The van der Waals surface area contributed by atoms with Gasteiger partial charge < -0.3 is 10.1 Å². The Bertz CT molecular complexity index is 516. The number of benzene rings is 1. The topological polar surface area (TPSA) is 73.7 Å². The number of ether oxygens (including phenoxy) is 1. The maximum atomic E-state index is 8.45. The highest BCUT2D eigenvalue weighted by Crippen LogP contribution is 2.13. The van der Waals surface area contributed by atoms with Gasteiger partial charge in [0.05, 0.1) is 6.20 Å². The van der Waals surface area contributed by atoms with Crippen molar-refractivity contribution in [3.63, 3.8) is 0 Å². The van der Waals surface area contributed by atoms with Gasteiger partial charge in [0.25, 0.3) is 0 Å². The number of hydrogen-bond acceptors (Lipinski definition) is 4. The fourth-order valence-electron chi connectivity index (χ4n) is 1.59. The van der Waals surface area contributed by atoms with Crippen LogP contribution in [-0.4, -0.2) is 16.8 Å². The third-order valence-electron chi connectivity index (χ3n) is 2.41. The largest absolute Gasteiger partial charge is 0.479 e. The van der Waals surface area contributed by atoms with E-state index in [4.69, 9.17) is 10.00 Å². The lowest BCUT2D eigenvalue weighted by molar-refractivity contribution is 0.367. The Balaban J connectivity index is 1.83. The summed E-state index contributed by atoms with van der Waals surface area (Å²) in [5.41, 5.74) is 2.24. The first-order valence-corrected chi connectivity index (χ1v) is 5.65. The van der Waals surface area contributed by atoms with Crippen molar-refractivity contribution in [1.82, 2.24) is 15.5 Å². The maximum Gasteiger partial charge on any atom is 0.174 e. The van der Waals surface area contributed by atoms with Crippen molar-refractivity contribution in [3.8, 4) is 11.8 Å². The maximum absolute atomic E-state index is 8.45.